The van der Waals surface area contributed by atoms with Gasteiger partial charge in [0.25, 0.3) is 0 Å². The number of nitrogens with one attached hydrogen (secondary N) is 1. The smallest absolute Gasteiger partial charge is 0.249 e. The van der Waals surface area contributed by atoms with Crippen molar-refractivity contribution in [2.45, 2.75) is 224 Å². The zero-order valence-electron chi connectivity index (χ0n) is 29.9. The lowest BCUT2D eigenvalue weighted by atomic mass is 10.0. The first-order chi connectivity index (χ1) is 22.0. The van der Waals surface area contributed by atoms with Crippen molar-refractivity contribution >= 4 is 5.91 Å². The Morgan fingerprint density at radius 3 is 1.20 bits per heavy atom. The largest absolute Gasteiger partial charge is 0.394 e. The van der Waals surface area contributed by atoms with Gasteiger partial charge in [-0.15, -0.1) is 0 Å². The van der Waals surface area contributed by atoms with Crippen LogP contribution in [0.25, 0.3) is 0 Å². The van der Waals surface area contributed by atoms with Gasteiger partial charge >= 0.3 is 0 Å². The van der Waals surface area contributed by atoms with Gasteiger partial charge in [-0.3, -0.25) is 4.79 Å². The van der Waals surface area contributed by atoms with Gasteiger partial charge in [-0.2, -0.15) is 0 Å². The number of amides is 1. The van der Waals surface area contributed by atoms with E-state index in [1.807, 2.05) is 0 Å². The van der Waals surface area contributed by atoms with Crippen LogP contribution in [0.2, 0.25) is 0 Å². The Kier molecular flexibility index (Phi) is 33.7. The lowest BCUT2D eigenvalue weighted by Gasteiger charge is -2.22. The van der Waals surface area contributed by atoms with Crippen molar-refractivity contribution < 1.29 is 25.2 Å². The first kappa shape index (κ1) is 44.0. The summed E-state index contributed by atoms with van der Waals surface area (Å²) in [7, 11) is 0. The van der Waals surface area contributed by atoms with Gasteiger partial charge in [0, 0.05) is 0 Å². The summed E-state index contributed by atoms with van der Waals surface area (Å²) in [4.78, 5) is 12.4. The van der Waals surface area contributed by atoms with Crippen LogP contribution in [0.3, 0.4) is 0 Å². The molecule has 1 amide bonds. The number of hydrogen-bond acceptors (Lipinski definition) is 5. The number of aliphatic hydroxyl groups excluding tert-OH is 4. The van der Waals surface area contributed by atoms with Gasteiger partial charge in [-0.05, 0) is 12.8 Å². The average molecular weight is 640 g/mol. The summed E-state index contributed by atoms with van der Waals surface area (Å²) in [6, 6.07) is -0.913. The number of carbonyl (C=O) groups excluding carboxylic acids is 1. The molecule has 0 aliphatic carbocycles. The molecule has 0 fully saturated rings. The predicted octanol–water partition coefficient (Wildman–Crippen LogP) is 9.46. The maximum atomic E-state index is 12.4. The predicted molar refractivity (Wildman–Crippen MR) is 191 cm³/mol. The van der Waals surface area contributed by atoms with Crippen molar-refractivity contribution in [1.82, 2.24) is 5.32 Å². The Morgan fingerprint density at radius 1 is 0.511 bits per heavy atom. The van der Waals surface area contributed by atoms with E-state index in [1.54, 1.807) is 6.08 Å². The molecule has 4 atom stereocenters. The molecule has 0 bridgehead atoms. The first-order valence-electron chi connectivity index (χ1n) is 19.6. The van der Waals surface area contributed by atoms with Crippen LogP contribution >= 0.6 is 0 Å². The van der Waals surface area contributed by atoms with Gasteiger partial charge in [0.2, 0.25) is 5.91 Å². The third kappa shape index (κ3) is 30.2. The summed E-state index contributed by atoms with van der Waals surface area (Å²) >= 11 is 0. The van der Waals surface area contributed by atoms with E-state index in [9.17, 15) is 25.2 Å². The highest BCUT2D eigenvalue weighted by molar-refractivity contribution is 5.80. The third-order valence-electron chi connectivity index (χ3n) is 9.20. The molecule has 268 valence electrons. The van der Waals surface area contributed by atoms with Crippen LogP contribution in [0, 0.1) is 0 Å². The molecule has 5 N–H and O–H groups in total. The first-order valence-corrected chi connectivity index (χ1v) is 19.6. The molecule has 0 aliphatic heterocycles. The lowest BCUT2D eigenvalue weighted by Crippen LogP contribution is -2.48. The quantitative estimate of drug-likeness (QED) is 0.0350. The van der Waals surface area contributed by atoms with Crippen LogP contribution in [0.5, 0.6) is 0 Å². The minimum absolute atomic E-state index is 0.381. The SMILES string of the molecule is CCCCCCCCCCCCCCCCCCCC(O)C(=O)N[C@@H](CO)[C@H](O)/C=C/[C@H](O)CCCCCCCCCCCC. The fourth-order valence-electron chi connectivity index (χ4n) is 6.02. The molecular formula is C39H77NO5. The molecule has 0 saturated heterocycles. The molecule has 0 spiro atoms. The Balaban J connectivity index is 3.80. The molecule has 0 aliphatic rings. The Morgan fingerprint density at radius 2 is 0.844 bits per heavy atom. The second-order valence-electron chi connectivity index (χ2n) is 13.7. The van der Waals surface area contributed by atoms with E-state index in [2.05, 4.69) is 19.2 Å². The number of aliphatic hydroxyl groups is 4. The van der Waals surface area contributed by atoms with Crippen molar-refractivity contribution in [3.63, 3.8) is 0 Å². The van der Waals surface area contributed by atoms with Crippen LogP contribution in [-0.4, -0.2) is 57.3 Å². The molecular weight excluding hydrogens is 562 g/mol. The molecule has 0 radical (unpaired) electrons. The van der Waals surface area contributed by atoms with E-state index in [1.165, 1.54) is 147 Å². The summed E-state index contributed by atoms with van der Waals surface area (Å²) in [5.74, 6) is -0.566. The molecule has 0 aromatic carbocycles. The fourth-order valence-corrected chi connectivity index (χ4v) is 6.02. The summed E-state index contributed by atoms with van der Waals surface area (Å²) < 4.78 is 0. The van der Waals surface area contributed by atoms with E-state index in [4.69, 9.17) is 0 Å². The normalized spacial score (nSPS) is 14.5. The minimum Gasteiger partial charge on any atom is -0.394 e. The molecule has 6 heteroatoms. The Labute approximate surface area is 279 Å². The van der Waals surface area contributed by atoms with Crippen molar-refractivity contribution in [2.75, 3.05) is 6.61 Å². The van der Waals surface area contributed by atoms with E-state index in [-0.39, 0.29) is 0 Å². The van der Waals surface area contributed by atoms with Gasteiger partial charge in [-0.25, -0.2) is 0 Å². The molecule has 0 aromatic rings. The van der Waals surface area contributed by atoms with Crippen molar-refractivity contribution in [1.29, 1.82) is 0 Å². The summed E-state index contributed by atoms with van der Waals surface area (Å²) in [6.07, 6.45) is 35.3. The standard InChI is InChI=1S/C39H77NO5/c1-3-5-7-9-11-13-15-16-17-18-19-20-21-23-25-27-29-31-38(44)39(45)40-36(34-41)37(43)33-32-35(42)30-28-26-24-22-14-12-10-8-6-4-2/h32-33,35-38,41-44H,3-31,34H2,1-2H3,(H,40,45)/b33-32+/t35-,36+,37-,38?/m1/s1. The third-order valence-corrected chi connectivity index (χ3v) is 9.20. The maximum Gasteiger partial charge on any atom is 0.249 e. The Bertz CT molecular complexity index is 643. The van der Waals surface area contributed by atoms with Crippen molar-refractivity contribution in [3.8, 4) is 0 Å². The maximum absolute atomic E-state index is 12.4. The van der Waals surface area contributed by atoms with Crippen LogP contribution in [0.15, 0.2) is 12.2 Å². The number of unbranched alkanes of at least 4 members (excludes halogenated alkanes) is 25. The number of carbonyl (C=O) groups is 1. The van der Waals surface area contributed by atoms with E-state index in [0.29, 0.717) is 12.8 Å². The summed E-state index contributed by atoms with van der Waals surface area (Å²) in [5, 5.41) is 43.2. The zero-order valence-corrected chi connectivity index (χ0v) is 29.9. The van der Waals surface area contributed by atoms with E-state index < -0.39 is 36.9 Å². The molecule has 0 aromatic heterocycles. The van der Waals surface area contributed by atoms with E-state index in [0.717, 1.165) is 32.1 Å². The van der Waals surface area contributed by atoms with Gasteiger partial charge in [0.1, 0.15) is 6.10 Å². The monoisotopic (exact) mass is 640 g/mol. The molecule has 0 heterocycles. The molecule has 1 unspecified atom stereocenters. The topological polar surface area (TPSA) is 110 Å². The Hall–Kier alpha value is -0.950. The minimum atomic E-state index is -1.14. The van der Waals surface area contributed by atoms with Gasteiger partial charge in [-0.1, -0.05) is 199 Å². The van der Waals surface area contributed by atoms with Gasteiger partial charge < -0.3 is 25.7 Å². The molecule has 0 rings (SSSR count). The summed E-state index contributed by atoms with van der Waals surface area (Å²) in [6.45, 7) is 4.06. The zero-order chi connectivity index (χ0) is 33.2. The second-order valence-corrected chi connectivity index (χ2v) is 13.7. The highest BCUT2D eigenvalue weighted by Gasteiger charge is 2.22. The van der Waals surface area contributed by atoms with Crippen LogP contribution < -0.4 is 5.32 Å². The van der Waals surface area contributed by atoms with Gasteiger partial charge in [0.05, 0.1) is 24.9 Å². The highest BCUT2D eigenvalue weighted by Crippen LogP contribution is 2.15. The second kappa shape index (κ2) is 34.4. The number of rotatable bonds is 35. The number of hydrogen-bond donors (Lipinski definition) is 5. The highest BCUT2D eigenvalue weighted by atomic mass is 16.3. The molecule has 6 nitrogen and oxygen atoms in total. The summed E-state index contributed by atoms with van der Waals surface area (Å²) in [5.41, 5.74) is 0. The van der Waals surface area contributed by atoms with Crippen molar-refractivity contribution in [2.24, 2.45) is 0 Å². The van der Waals surface area contributed by atoms with E-state index >= 15 is 0 Å². The van der Waals surface area contributed by atoms with Gasteiger partial charge in [0.15, 0.2) is 0 Å². The van der Waals surface area contributed by atoms with Crippen LogP contribution in [0.4, 0.5) is 0 Å². The fraction of sp³-hybridized carbons (Fsp3) is 0.923. The average Bonchev–Trinajstić information content (AvgIpc) is 3.04. The molecule has 45 heavy (non-hydrogen) atoms. The molecule has 0 saturated carbocycles. The van der Waals surface area contributed by atoms with Crippen LogP contribution in [0.1, 0.15) is 200 Å². The van der Waals surface area contributed by atoms with Crippen molar-refractivity contribution in [3.05, 3.63) is 12.2 Å². The lowest BCUT2D eigenvalue weighted by molar-refractivity contribution is -0.131. The van der Waals surface area contributed by atoms with Crippen LogP contribution in [-0.2, 0) is 4.79 Å².